The van der Waals surface area contributed by atoms with Gasteiger partial charge in [-0.05, 0) is 18.8 Å². The maximum Gasteiger partial charge on any atom is 0.229 e. The van der Waals surface area contributed by atoms with E-state index >= 15 is 0 Å². The molecule has 0 amide bonds. The summed E-state index contributed by atoms with van der Waals surface area (Å²) in [5.74, 6) is 0. The topological polar surface area (TPSA) is 34.1 Å². The van der Waals surface area contributed by atoms with E-state index in [0.717, 1.165) is 5.56 Å². The second kappa shape index (κ2) is 2.54. The molecule has 0 heterocycles. The van der Waals surface area contributed by atoms with Crippen LogP contribution in [0.4, 0.5) is 0 Å². The normalized spacial score (nSPS) is 12.3. The van der Waals surface area contributed by atoms with Gasteiger partial charge in [0.1, 0.15) is 0 Å². The van der Waals surface area contributed by atoms with Crippen LogP contribution in [0.25, 0.3) is 0 Å². The summed E-state index contributed by atoms with van der Waals surface area (Å²) in [5.41, 5.74) is 0.909. The molecule has 1 aromatic carbocycles. The third kappa shape index (κ3) is 1.47. The summed E-state index contributed by atoms with van der Waals surface area (Å²) in [4.78, 5) is 21.9. The molecule has 0 aliphatic heterocycles. The average Bonchev–Trinajstić information content (AvgIpc) is 1.96. The Hall–Kier alpha value is -0.920. The van der Waals surface area contributed by atoms with Crippen LogP contribution in [0.3, 0.4) is 0 Å². The van der Waals surface area contributed by atoms with Crippen LogP contribution in [0, 0.1) is 12.3 Å². The first kappa shape index (κ1) is 9.17. The van der Waals surface area contributed by atoms with E-state index in [9.17, 15) is 9.59 Å². The predicted octanol–water partition coefficient (Wildman–Crippen LogP) is 1.18. The number of hydrogen-bond acceptors (Lipinski definition) is 2. The molecule has 1 aromatic rings. The van der Waals surface area contributed by atoms with Crippen molar-refractivity contribution in [3.8, 4) is 0 Å². The molecule has 2 nitrogen and oxygen atoms in total. The van der Waals surface area contributed by atoms with Crippen LogP contribution < -0.4 is 10.9 Å². The van der Waals surface area contributed by atoms with E-state index in [1.165, 1.54) is 0 Å². The maximum atomic E-state index is 11.0. The molecule has 0 bridgehead atoms. The van der Waals surface area contributed by atoms with Gasteiger partial charge in [-0.1, -0.05) is 20.8 Å². The monoisotopic (exact) mass is 166 g/mol. The van der Waals surface area contributed by atoms with Crippen molar-refractivity contribution >= 4 is 0 Å². The van der Waals surface area contributed by atoms with Gasteiger partial charge in [-0.25, -0.2) is 0 Å². The standard InChI is InChI=1S/C10H14O2/c1-6-7(5-10(2,3)4)9(12)8(6)11/h5H2,1-4H3. The highest BCUT2D eigenvalue weighted by molar-refractivity contribution is 5.32. The summed E-state index contributed by atoms with van der Waals surface area (Å²) in [7, 11) is 0. The zero-order valence-corrected chi connectivity index (χ0v) is 8.02. The van der Waals surface area contributed by atoms with Gasteiger partial charge in [0.25, 0.3) is 0 Å². The first-order valence-corrected chi connectivity index (χ1v) is 4.12. The molecular formula is C10H14O2. The van der Waals surface area contributed by atoms with E-state index < -0.39 is 0 Å². The SMILES string of the molecule is Cc1c(CC(C)(C)C)c(=O)c1=O. The zero-order chi connectivity index (χ0) is 9.52. The highest BCUT2D eigenvalue weighted by atomic mass is 16.2. The summed E-state index contributed by atoms with van der Waals surface area (Å²) in [6, 6.07) is 0. The van der Waals surface area contributed by atoms with E-state index in [2.05, 4.69) is 20.8 Å². The summed E-state index contributed by atoms with van der Waals surface area (Å²) < 4.78 is 0. The van der Waals surface area contributed by atoms with Gasteiger partial charge in [-0.15, -0.1) is 0 Å². The van der Waals surface area contributed by atoms with Crippen molar-refractivity contribution in [3.63, 3.8) is 0 Å². The minimum Gasteiger partial charge on any atom is -0.285 e. The lowest BCUT2D eigenvalue weighted by atomic mass is 9.84. The summed E-state index contributed by atoms with van der Waals surface area (Å²) in [6.07, 6.45) is 0.712. The molecule has 0 unspecified atom stereocenters. The first-order chi connectivity index (χ1) is 5.33. The van der Waals surface area contributed by atoms with Crippen molar-refractivity contribution in [1.82, 2.24) is 0 Å². The quantitative estimate of drug-likeness (QED) is 0.587. The molecule has 0 spiro atoms. The molecule has 0 saturated carbocycles. The molecule has 1 rings (SSSR count). The Balaban J connectivity index is 2.95. The van der Waals surface area contributed by atoms with Crippen LogP contribution >= 0.6 is 0 Å². The molecule has 12 heavy (non-hydrogen) atoms. The first-order valence-electron chi connectivity index (χ1n) is 4.12. The lowest BCUT2D eigenvalue weighted by Gasteiger charge is -2.19. The van der Waals surface area contributed by atoms with Crippen LogP contribution in [-0.2, 0) is 6.42 Å². The number of rotatable bonds is 1. The summed E-state index contributed by atoms with van der Waals surface area (Å²) in [5, 5.41) is 0. The lowest BCUT2D eigenvalue weighted by Crippen LogP contribution is -2.39. The Morgan fingerprint density at radius 3 is 1.92 bits per heavy atom. The van der Waals surface area contributed by atoms with E-state index in [4.69, 9.17) is 0 Å². The fraction of sp³-hybridized carbons (Fsp3) is 0.600. The van der Waals surface area contributed by atoms with Gasteiger partial charge in [0.05, 0.1) is 0 Å². The highest BCUT2D eigenvalue weighted by Crippen LogP contribution is 2.19. The molecule has 0 fully saturated rings. The van der Waals surface area contributed by atoms with Crippen molar-refractivity contribution in [1.29, 1.82) is 0 Å². The Morgan fingerprint density at radius 1 is 1.08 bits per heavy atom. The highest BCUT2D eigenvalue weighted by Gasteiger charge is 2.21. The van der Waals surface area contributed by atoms with Crippen molar-refractivity contribution in [2.24, 2.45) is 5.41 Å². The van der Waals surface area contributed by atoms with E-state index in [0.29, 0.717) is 12.0 Å². The number of hydrogen-bond donors (Lipinski definition) is 0. The van der Waals surface area contributed by atoms with E-state index in [1.807, 2.05) is 0 Å². The molecule has 0 N–H and O–H groups in total. The van der Waals surface area contributed by atoms with Gasteiger partial charge >= 0.3 is 0 Å². The third-order valence-corrected chi connectivity index (χ3v) is 1.98. The van der Waals surface area contributed by atoms with Crippen LogP contribution in [0.15, 0.2) is 9.59 Å². The predicted molar refractivity (Wildman–Crippen MR) is 49.3 cm³/mol. The molecule has 2 heteroatoms. The third-order valence-electron chi connectivity index (χ3n) is 1.98. The van der Waals surface area contributed by atoms with Gasteiger partial charge in [-0.3, -0.25) is 9.59 Å². The van der Waals surface area contributed by atoms with Gasteiger partial charge in [0.15, 0.2) is 0 Å². The molecular weight excluding hydrogens is 152 g/mol. The average molecular weight is 166 g/mol. The van der Waals surface area contributed by atoms with Gasteiger partial charge in [-0.2, -0.15) is 0 Å². The minimum absolute atomic E-state index is 0.0902. The Bertz CT molecular complexity index is 360. The maximum absolute atomic E-state index is 11.0. The van der Waals surface area contributed by atoms with Gasteiger partial charge in [0.2, 0.25) is 10.9 Å². The molecule has 0 aliphatic rings. The molecule has 0 saturated heterocycles. The van der Waals surface area contributed by atoms with Crippen molar-refractivity contribution in [3.05, 3.63) is 31.6 Å². The smallest absolute Gasteiger partial charge is 0.229 e. The minimum atomic E-state index is -0.297. The van der Waals surface area contributed by atoms with E-state index in [1.54, 1.807) is 6.92 Å². The van der Waals surface area contributed by atoms with Crippen molar-refractivity contribution in [2.45, 2.75) is 34.1 Å². The second-order valence-electron chi connectivity index (χ2n) is 4.50. The van der Waals surface area contributed by atoms with Crippen LogP contribution in [0.2, 0.25) is 0 Å². The Labute approximate surface area is 71.9 Å². The van der Waals surface area contributed by atoms with Crippen LogP contribution in [-0.4, -0.2) is 0 Å². The lowest BCUT2D eigenvalue weighted by molar-refractivity contribution is 0.407. The molecule has 0 atom stereocenters. The van der Waals surface area contributed by atoms with E-state index in [-0.39, 0.29) is 16.3 Å². The fourth-order valence-corrected chi connectivity index (χ4v) is 1.30. The fourth-order valence-electron chi connectivity index (χ4n) is 1.30. The Morgan fingerprint density at radius 2 is 1.58 bits per heavy atom. The zero-order valence-electron chi connectivity index (χ0n) is 8.02. The molecule has 0 aromatic heterocycles. The summed E-state index contributed by atoms with van der Waals surface area (Å²) >= 11 is 0. The van der Waals surface area contributed by atoms with Crippen LogP contribution in [0.5, 0.6) is 0 Å². The molecule has 0 aliphatic carbocycles. The van der Waals surface area contributed by atoms with Gasteiger partial charge in [0, 0.05) is 11.1 Å². The molecule has 0 radical (unpaired) electrons. The second-order valence-corrected chi connectivity index (χ2v) is 4.50. The van der Waals surface area contributed by atoms with Gasteiger partial charge < -0.3 is 0 Å². The van der Waals surface area contributed by atoms with Crippen molar-refractivity contribution < 1.29 is 0 Å². The summed E-state index contributed by atoms with van der Waals surface area (Å²) in [6.45, 7) is 7.90. The largest absolute Gasteiger partial charge is 0.285 e. The Kier molecular flexibility index (Phi) is 1.94. The molecule has 66 valence electrons. The van der Waals surface area contributed by atoms with Crippen molar-refractivity contribution in [2.75, 3.05) is 0 Å². The van der Waals surface area contributed by atoms with Crippen LogP contribution in [0.1, 0.15) is 31.9 Å².